The number of nitrogens with zero attached hydrogens (tertiary/aromatic N) is 4. The highest BCUT2D eigenvalue weighted by molar-refractivity contribution is 8.00. The number of benzene rings is 1. The number of hydrogen-bond donors (Lipinski definition) is 1. The molecule has 1 amide bonds. The first-order valence-corrected chi connectivity index (χ1v) is 10.7. The first-order chi connectivity index (χ1) is 13.1. The second-order valence-corrected chi connectivity index (χ2v) is 9.00. The van der Waals surface area contributed by atoms with E-state index in [1.165, 1.54) is 36.6 Å². The molecule has 0 radical (unpaired) electrons. The van der Waals surface area contributed by atoms with Gasteiger partial charge in [0.05, 0.1) is 5.25 Å². The molecule has 1 saturated carbocycles. The normalized spacial score (nSPS) is 21.3. The molecule has 0 saturated heterocycles. The zero-order valence-corrected chi connectivity index (χ0v) is 16.8. The van der Waals surface area contributed by atoms with Gasteiger partial charge in [0.2, 0.25) is 11.1 Å². The number of thioether (sulfide) groups is 1. The molecule has 1 fully saturated rings. The van der Waals surface area contributed by atoms with Crippen LogP contribution in [0.25, 0.3) is 0 Å². The van der Waals surface area contributed by atoms with E-state index in [0.29, 0.717) is 11.1 Å². The Morgan fingerprint density at radius 1 is 1.22 bits per heavy atom. The van der Waals surface area contributed by atoms with E-state index in [4.69, 9.17) is 5.84 Å². The fourth-order valence-corrected chi connectivity index (χ4v) is 5.14. The summed E-state index contributed by atoms with van der Waals surface area (Å²) >= 11 is 1.40. The number of fused-ring (bicyclic) bond motifs is 1. The lowest BCUT2D eigenvalue weighted by Crippen LogP contribution is -2.40. The van der Waals surface area contributed by atoms with Crippen molar-refractivity contribution in [2.45, 2.75) is 74.7 Å². The quantitative estimate of drug-likeness (QED) is 0.644. The van der Waals surface area contributed by atoms with Crippen molar-refractivity contribution in [3.63, 3.8) is 0 Å². The summed E-state index contributed by atoms with van der Waals surface area (Å²) in [7, 11) is 0. The van der Waals surface area contributed by atoms with Crippen molar-refractivity contribution in [1.82, 2.24) is 14.9 Å². The first-order valence-electron chi connectivity index (χ1n) is 9.84. The molecule has 1 aromatic carbocycles. The third kappa shape index (κ3) is 3.45. The van der Waals surface area contributed by atoms with Crippen molar-refractivity contribution in [2.24, 2.45) is 0 Å². The lowest BCUT2D eigenvalue weighted by atomic mass is 9.89. The number of nitrogen functional groups attached to an aromatic ring is 1. The second kappa shape index (κ2) is 7.54. The molecule has 0 unspecified atom stereocenters. The van der Waals surface area contributed by atoms with Crippen molar-refractivity contribution >= 4 is 23.4 Å². The van der Waals surface area contributed by atoms with Crippen LogP contribution in [0.4, 0.5) is 5.69 Å². The van der Waals surface area contributed by atoms with Gasteiger partial charge in [0.1, 0.15) is 0 Å². The average Bonchev–Trinajstić information content (AvgIpc) is 3.21. The van der Waals surface area contributed by atoms with Crippen LogP contribution in [-0.4, -0.2) is 32.1 Å². The van der Waals surface area contributed by atoms with Crippen LogP contribution in [0.2, 0.25) is 0 Å². The van der Waals surface area contributed by atoms with Gasteiger partial charge in [-0.25, -0.2) is 4.68 Å². The van der Waals surface area contributed by atoms with Gasteiger partial charge in [0.25, 0.3) is 0 Å². The Labute approximate surface area is 164 Å². The van der Waals surface area contributed by atoms with Crippen molar-refractivity contribution in [3.05, 3.63) is 35.7 Å². The molecule has 0 bridgehead atoms. The van der Waals surface area contributed by atoms with Crippen LogP contribution < -0.4 is 10.7 Å². The summed E-state index contributed by atoms with van der Waals surface area (Å²) < 4.78 is 1.60. The summed E-state index contributed by atoms with van der Waals surface area (Å²) in [4.78, 5) is 15.1. The smallest absolute Gasteiger partial charge is 0.240 e. The molecule has 2 atom stereocenters. The molecule has 2 aromatic rings. The van der Waals surface area contributed by atoms with Crippen LogP contribution in [0.1, 0.15) is 63.3 Å². The Morgan fingerprint density at radius 3 is 2.74 bits per heavy atom. The maximum atomic E-state index is 13.1. The highest BCUT2D eigenvalue weighted by atomic mass is 32.2. The Bertz CT molecular complexity index is 830. The number of rotatable bonds is 4. The molecule has 2 aliphatic rings. The number of carbonyl (C=O) groups is 1. The largest absolute Gasteiger partial charge is 0.336 e. The molecule has 0 spiro atoms. The molecule has 6 nitrogen and oxygen atoms in total. The molecular formula is C20H27N5OS. The van der Waals surface area contributed by atoms with E-state index in [-0.39, 0.29) is 17.2 Å². The van der Waals surface area contributed by atoms with E-state index in [9.17, 15) is 4.79 Å². The van der Waals surface area contributed by atoms with Gasteiger partial charge < -0.3 is 10.7 Å². The third-order valence-corrected chi connectivity index (χ3v) is 6.78. The summed E-state index contributed by atoms with van der Waals surface area (Å²) in [6, 6.07) is 8.32. The lowest BCUT2D eigenvalue weighted by Gasteiger charge is -2.25. The predicted molar refractivity (Wildman–Crippen MR) is 108 cm³/mol. The summed E-state index contributed by atoms with van der Waals surface area (Å²) in [5.74, 6) is 7.63. The monoisotopic (exact) mass is 385 g/mol. The van der Waals surface area contributed by atoms with Crippen molar-refractivity contribution in [1.29, 1.82) is 0 Å². The van der Waals surface area contributed by atoms with Crippen LogP contribution in [0.15, 0.2) is 29.4 Å². The maximum absolute atomic E-state index is 13.1. The number of nitrogens with two attached hydrogens (primary N) is 1. The Balaban J connectivity index is 1.49. The highest BCUT2D eigenvalue weighted by Gasteiger charge is 2.34. The van der Waals surface area contributed by atoms with Crippen LogP contribution in [0.5, 0.6) is 0 Å². The van der Waals surface area contributed by atoms with Gasteiger partial charge in [-0.05, 0) is 44.7 Å². The average molecular weight is 386 g/mol. The fourth-order valence-electron chi connectivity index (χ4n) is 4.31. The summed E-state index contributed by atoms with van der Waals surface area (Å²) in [5.41, 5.74) is 2.26. The van der Waals surface area contributed by atoms with Gasteiger partial charge >= 0.3 is 0 Å². The van der Waals surface area contributed by atoms with E-state index in [1.807, 2.05) is 30.0 Å². The van der Waals surface area contributed by atoms with Crippen molar-refractivity contribution in [3.8, 4) is 0 Å². The molecule has 1 aliphatic carbocycles. The maximum Gasteiger partial charge on any atom is 0.240 e. The van der Waals surface area contributed by atoms with Gasteiger partial charge in [-0.15, -0.1) is 10.2 Å². The van der Waals surface area contributed by atoms with Crippen LogP contribution in [-0.2, 0) is 11.2 Å². The van der Waals surface area contributed by atoms with Gasteiger partial charge in [0, 0.05) is 17.6 Å². The first kappa shape index (κ1) is 18.3. The van der Waals surface area contributed by atoms with Gasteiger partial charge in [-0.1, -0.05) is 49.2 Å². The molecule has 144 valence electrons. The number of para-hydroxylation sites is 1. The third-order valence-electron chi connectivity index (χ3n) is 5.74. The number of hydrogen-bond acceptors (Lipinski definition) is 5. The van der Waals surface area contributed by atoms with Crippen molar-refractivity contribution < 1.29 is 4.79 Å². The van der Waals surface area contributed by atoms with Crippen LogP contribution >= 0.6 is 11.8 Å². The molecule has 7 heteroatoms. The number of carbonyl (C=O) groups excluding carboxylic acids is 1. The summed E-state index contributed by atoms with van der Waals surface area (Å²) in [6.07, 6.45) is 6.88. The van der Waals surface area contributed by atoms with E-state index in [0.717, 1.165) is 30.8 Å². The minimum absolute atomic E-state index is 0.0969. The lowest BCUT2D eigenvalue weighted by molar-refractivity contribution is -0.118. The van der Waals surface area contributed by atoms with Crippen LogP contribution in [0, 0.1) is 0 Å². The summed E-state index contributed by atoms with van der Waals surface area (Å²) in [5, 5.41) is 8.97. The van der Waals surface area contributed by atoms with E-state index in [1.54, 1.807) is 4.68 Å². The van der Waals surface area contributed by atoms with E-state index < -0.39 is 0 Å². The molecule has 1 aromatic heterocycles. The number of aromatic nitrogens is 3. The number of amides is 1. The van der Waals surface area contributed by atoms with E-state index in [2.05, 4.69) is 23.2 Å². The molecule has 27 heavy (non-hydrogen) atoms. The molecule has 2 N–H and O–H groups in total. The molecule has 4 rings (SSSR count). The van der Waals surface area contributed by atoms with E-state index >= 15 is 0 Å². The second-order valence-electron chi connectivity index (χ2n) is 7.70. The van der Waals surface area contributed by atoms with Crippen LogP contribution in [0.3, 0.4) is 0 Å². The SMILES string of the molecule is C[C@H](Sc1nnc(C2CCCCC2)n1N)C(=O)N1c2ccccc2C[C@H]1C. The Kier molecular flexibility index (Phi) is 5.12. The number of anilines is 1. The Hall–Kier alpha value is -2.02. The summed E-state index contributed by atoms with van der Waals surface area (Å²) in [6.45, 7) is 4.03. The van der Waals surface area contributed by atoms with Gasteiger partial charge in [-0.3, -0.25) is 4.79 Å². The predicted octanol–water partition coefficient (Wildman–Crippen LogP) is 3.50. The fraction of sp³-hybridized carbons (Fsp3) is 0.550. The zero-order valence-electron chi connectivity index (χ0n) is 16.0. The molecule has 2 heterocycles. The minimum atomic E-state index is -0.274. The van der Waals surface area contributed by atoms with Gasteiger partial charge in [0.15, 0.2) is 5.82 Å². The molecular weight excluding hydrogens is 358 g/mol. The zero-order chi connectivity index (χ0) is 19.0. The molecule has 1 aliphatic heterocycles. The standard InChI is InChI=1S/C20H27N5OS/c1-13-12-16-10-6-7-11-17(16)24(13)19(26)14(2)27-20-23-22-18(25(20)21)15-8-4-3-5-9-15/h6-7,10-11,13-15H,3-5,8-9,12,21H2,1-2H3/t13-,14+/m1/s1. The highest BCUT2D eigenvalue weighted by Crippen LogP contribution is 2.36. The minimum Gasteiger partial charge on any atom is -0.336 e. The Morgan fingerprint density at radius 2 is 1.96 bits per heavy atom. The van der Waals surface area contributed by atoms with Crippen molar-refractivity contribution in [2.75, 3.05) is 10.7 Å². The van der Waals surface area contributed by atoms with Gasteiger partial charge in [-0.2, -0.15) is 0 Å². The topological polar surface area (TPSA) is 77.0 Å².